The molecule has 1 heterocycles. The van der Waals surface area contributed by atoms with Crippen molar-refractivity contribution in [2.24, 2.45) is 5.16 Å². The van der Waals surface area contributed by atoms with Crippen molar-refractivity contribution in [1.82, 2.24) is 0 Å². The number of ether oxygens (including phenoxy) is 1. The quantitative estimate of drug-likeness (QED) is 0.458. The number of aromatic hydroxyl groups is 2. The van der Waals surface area contributed by atoms with Crippen LogP contribution in [0.15, 0.2) is 35.5 Å². The van der Waals surface area contributed by atoms with Crippen LogP contribution in [-0.4, -0.2) is 35.1 Å². The van der Waals surface area contributed by atoms with E-state index in [9.17, 15) is 15.0 Å². The van der Waals surface area contributed by atoms with Gasteiger partial charge in [-0.25, -0.2) is 4.79 Å². The van der Waals surface area contributed by atoms with Crippen LogP contribution in [0.4, 0.5) is 0 Å². The first-order valence-electron chi connectivity index (χ1n) is 8.45. The molecule has 26 heavy (non-hydrogen) atoms. The van der Waals surface area contributed by atoms with Gasteiger partial charge in [-0.3, -0.25) is 0 Å². The third kappa shape index (κ3) is 5.26. The van der Waals surface area contributed by atoms with Crippen LogP contribution in [0.5, 0.6) is 11.5 Å². The fourth-order valence-corrected chi connectivity index (χ4v) is 2.68. The van der Waals surface area contributed by atoms with Gasteiger partial charge in [0.05, 0.1) is 17.3 Å². The first kappa shape index (κ1) is 19.8. The third-order valence-electron chi connectivity index (χ3n) is 3.69. The summed E-state index contributed by atoms with van der Waals surface area (Å²) >= 11 is 6.20. The second kappa shape index (κ2) is 9.87. The van der Waals surface area contributed by atoms with Gasteiger partial charge in [-0.15, -0.1) is 0 Å². The number of hydrogen-bond donors (Lipinski definition) is 2. The molecule has 1 aliphatic heterocycles. The van der Waals surface area contributed by atoms with E-state index >= 15 is 0 Å². The minimum Gasteiger partial charge on any atom is -0.507 e. The van der Waals surface area contributed by atoms with Crippen molar-refractivity contribution >= 4 is 23.3 Å². The highest BCUT2D eigenvalue weighted by atomic mass is 35.5. The third-order valence-corrected chi connectivity index (χ3v) is 4.11. The first-order valence-corrected chi connectivity index (χ1v) is 8.83. The Morgan fingerprint density at radius 1 is 1.19 bits per heavy atom. The van der Waals surface area contributed by atoms with Crippen LogP contribution in [-0.2, 0) is 16.0 Å². The predicted octanol–water partition coefficient (Wildman–Crippen LogP) is 4.14. The highest BCUT2D eigenvalue weighted by Crippen LogP contribution is 2.37. The SMILES string of the molecule is CCON=C1/C=C/CC/C=C/CCOC(=O)c2c(O)cc(O)c(Cl)c2C1. The number of nitrogens with zero attached hydrogens (tertiary/aromatic N) is 1. The second-order valence-corrected chi connectivity index (χ2v) is 6.01. The molecule has 0 saturated heterocycles. The molecule has 0 fully saturated rings. The summed E-state index contributed by atoms with van der Waals surface area (Å²) in [5.74, 6) is -1.42. The Hall–Kier alpha value is -2.47. The molecule has 1 aromatic carbocycles. The second-order valence-electron chi connectivity index (χ2n) is 5.64. The number of rotatable bonds is 2. The molecular weight excluding hydrogens is 358 g/mol. The molecule has 2 rings (SSSR count). The van der Waals surface area contributed by atoms with Crippen LogP contribution < -0.4 is 0 Å². The van der Waals surface area contributed by atoms with Crippen molar-refractivity contribution in [2.45, 2.75) is 32.6 Å². The summed E-state index contributed by atoms with van der Waals surface area (Å²) < 4.78 is 5.23. The lowest BCUT2D eigenvalue weighted by atomic mass is 9.99. The lowest BCUT2D eigenvalue weighted by Gasteiger charge is -2.14. The van der Waals surface area contributed by atoms with Gasteiger partial charge in [0.15, 0.2) is 0 Å². The van der Waals surface area contributed by atoms with Crippen LogP contribution in [0.3, 0.4) is 0 Å². The monoisotopic (exact) mass is 379 g/mol. The van der Waals surface area contributed by atoms with Crippen LogP contribution in [0.2, 0.25) is 5.02 Å². The fourth-order valence-electron chi connectivity index (χ4n) is 2.47. The normalized spacial score (nSPS) is 19.9. The van der Waals surface area contributed by atoms with Gasteiger partial charge in [0.2, 0.25) is 0 Å². The number of benzene rings is 1. The molecule has 0 saturated carbocycles. The zero-order valence-corrected chi connectivity index (χ0v) is 15.3. The maximum absolute atomic E-state index is 12.4. The Bertz CT molecular complexity index is 740. The Kier molecular flexibility index (Phi) is 7.53. The minimum atomic E-state index is -0.704. The minimum absolute atomic E-state index is 0.0284. The number of fused-ring (bicyclic) bond motifs is 1. The zero-order chi connectivity index (χ0) is 18.9. The summed E-state index contributed by atoms with van der Waals surface area (Å²) in [4.78, 5) is 17.6. The number of oxime groups is 1. The molecule has 0 unspecified atom stereocenters. The van der Waals surface area contributed by atoms with E-state index in [1.165, 1.54) is 0 Å². The standard InChI is InChI=1S/C19H22ClNO5/c1-2-26-21-13-9-7-5-3-4-6-8-10-25-19(24)17-14(11-13)18(20)16(23)12-15(17)22/h4,6-7,9,12,22-23H,2-3,5,8,10-11H2,1H3/b6-4+,9-7+,21-13?. The molecule has 7 heteroatoms. The molecule has 0 amide bonds. The van der Waals surface area contributed by atoms with Gasteiger partial charge in [-0.05, 0) is 37.8 Å². The average molecular weight is 380 g/mol. The summed E-state index contributed by atoms with van der Waals surface area (Å²) in [6.45, 7) is 2.37. The molecule has 140 valence electrons. The highest BCUT2D eigenvalue weighted by Gasteiger charge is 2.24. The number of carbonyl (C=O) groups is 1. The van der Waals surface area contributed by atoms with Crippen molar-refractivity contribution in [3.63, 3.8) is 0 Å². The number of halogens is 1. The first-order chi connectivity index (χ1) is 12.5. The lowest BCUT2D eigenvalue weighted by molar-refractivity contribution is 0.0507. The van der Waals surface area contributed by atoms with Gasteiger partial charge in [0.1, 0.15) is 23.7 Å². The summed E-state index contributed by atoms with van der Waals surface area (Å²) in [6.07, 6.45) is 10.0. The molecule has 0 aromatic heterocycles. The summed E-state index contributed by atoms with van der Waals surface area (Å²) in [5, 5.41) is 24.1. The summed E-state index contributed by atoms with van der Waals surface area (Å²) in [7, 11) is 0. The molecule has 0 atom stereocenters. The van der Waals surface area contributed by atoms with E-state index in [-0.39, 0.29) is 34.9 Å². The maximum atomic E-state index is 12.4. The Balaban J connectivity index is 2.51. The van der Waals surface area contributed by atoms with Crippen LogP contribution in [0.25, 0.3) is 0 Å². The number of allylic oxidation sites excluding steroid dienone is 3. The zero-order valence-electron chi connectivity index (χ0n) is 14.6. The molecular formula is C19H22ClNO5. The fraction of sp³-hybridized carbons (Fsp3) is 0.368. The predicted molar refractivity (Wildman–Crippen MR) is 100.0 cm³/mol. The molecule has 2 N–H and O–H groups in total. The lowest BCUT2D eigenvalue weighted by Crippen LogP contribution is -2.13. The van der Waals surface area contributed by atoms with Crippen molar-refractivity contribution in [2.75, 3.05) is 13.2 Å². The van der Waals surface area contributed by atoms with Crippen molar-refractivity contribution < 1.29 is 24.6 Å². The average Bonchev–Trinajstić information content (AvgIpc) is 2.61. The molecule has 1 aliphatic rings. The number of carbonyl (C=O) groups excluding carboxylic acids is 1. The number of esters is 1. The molecule has 0 bridgehead atoms. The van der Waals surface area contributed by atoms with Gasteiger partial charge in [-0.2, -0.15) is 0 Å². The van der Waals surface area contributed by atoms with Gasteiger partial charge in [-0.1, -0.05) is 35.0 Å². The van der Waals surface area contributed by atoms with Crippen molar-refractivity contribution in [3.8, 4) is 11.5 Å². The number of phenolic OH excluding ortho intramolecular Hbond substituents is 2. The van der Waals surface area contributed by atoms with Crippen LogP contribution in [0, 0.1) is 0 Å². The van der Waals surface area contributed by atoms with Crippen LogP contribution >= 0.6 is 11.6 Å². The van der Waals surface area contributed by atoms with E-state index in [1.54, 1.807) is 13.0 Å². The number of cyclic esters (lactones) is 1. The number of phenols is 2. The Labute approximate surface area is 157 Å². The molecule has 0 aliphatic carbocycles. The topological polar surface area (TPSA) is 88.4 Å². The van der Waals surface area contributed by atoms with Crippen LogP contribution in [0.1, 0.15) is 42.1 Å². The van der Waals surface area contributed by atoms with Gasteiger partial charge in [0.25, 0.3) is 0 Å². The maximum Gasteiger partial charge on any atom is 0.342 e. The van der Waals surface area contributed by atoms with Gasteiger partial charge >= 0.3 is 5.97 Å². The summed E-state index contributed by atoms with van der Waals surface area (Å²) in [6, 6.07) is 1.03. The van der Waals surface area contributed by atoms with E-state index in [4.69, 9.17) is 21.2 Å². The van der Waals surface area contributed by atoms with Gasteiger partial charge < -0.3 is 19.8 Å². The summed E-state index contributed by atoms with van der Waals surface area (Å²) in [5.41, 5.74) is 0.671. The van der Waals surface area contributed by atoms with E-state index in [0.717, 1.165) is 18.9 Å². The molecule has 1 aromatic rings. The van der Waals surface area contributed by atoms with E-state index < -0.39 is 11.7 Å². The molecule has 0 spiro atoms. The van der Waals surface area contributed by atoms with Gasteiger partial charge in [0, 0.05) is 12.5 Å². The Morgan fingerprint density at radius 2 is 1.92 bits per heavy atom. The number of hydrogen-bond acceptors (Lipinski definition) is 6. The highest BCUT2D eigenvalue weighted by molar-refractivity contribution is 6.33. The van der Waals surface area contributed by atoms with Crippen molar-refractivity contribution in [1.29, 1.82) is 0 Å². The largest absolute Gasteiger partial charge is 0.507 e. The molecule has 6 nitrogen and oxygen atoms in total. The van der Waals surface area contributed by atoms with E-state index in [0.29, 0.717) is 18.7 Å². The smallest absolute Gasteiger partial charge is 0.342 e. The van der Waals surface area contributed by atoms with E-state index in [1.807, 2.05) is 18.2 Å². The molecule has 0 radical (unpaired) electrons. The van der Waals surface area contributed by atoms with E-state index in [2.05, 4.69) is 5.16 Å². The van der Waals surface area contributed by atoms with Crippen molar-refractivity contribution in [3.05, 3.63) is 46.5 Å². The Morgan fingerprint density at radius 3 is 2.69 bits per heavy atom.